The van der Waals surface area contributed by atoms with Gasteiger partial charge in [-0.2, -0.15) is 0 Å². The smallest absolute Gasteiger partial charge is 0.0592 e. The van der Waals surface area contributed by atoms with Crippen molar-refractivity contribution in [1.82, 2.24) is 4.98 Å². The van der Waals surface area contributed by atoms with Gasteiger partial charge in [-0.25, -0.2) is 0 Å². The Bertz CT molecular complexity index is 327. The van der Waals surface area contributed by atoms with Gasteiger partial charge in [-0.3, -0.25) is 4.98 Å². The second kappa shape index (κ2) is 3.89. The number of rotatable bonds is 1. The fourth-order valence-electron chi connectivity index (χ4n) is 2.24. The van der Waals surface area contributed by atoms with E-state index in [1.54, 1.807) is 0 Å². The molecule has 2 heterocycles. The van der Waals surface area contributed by atoms with Crippen LogP contribution in [0.1, 0.15) is 20.3 Å². The van der Waals surface area contributed by atoms with E-state index in [0.29, 0.717) is 6.04 Å². The minimum absolute atomic E-state index is 0.642. The van der Waals surface area contributed by atoms with Crippen LogP contribution in [0.3, 0.4) is 0 Å². The summed E-state index contributed by atoms with van der Waals surface area (Å²) >= 11 is 3.55. The summed E-state index contributed by atoms with van der Waals surface area (Å²) in [6, 6.07) is 2.72. The van der Waals surface area contributed by atoms with Crippen molar-refractivity contribution in [3.63, 3.8) is 0 Å². The lowest BCUT2D eigenvalue weighted by molar-refractivity contribution is 0.625. The van der Waals surface area contributed by atoms with Crippen molar-refractivity contribution in [2.75, 3.05) is 11.4 Å². The van der Waals surface area contributed by atoms with Crippen LogP contribution in [-0.2, 0) is 0 Å². The fourth-order valence-corrected chi connectivity index (χ4v) is 2.71. The van der Waals surface area contributed by atoms with Gasteiger partial charge in [-0.05, 0) is 41.3 Å². The van der Waals surface area contributed by atoms with E-state index in [1.165, 1.54) is 12.1 Å². The summed E-state index contributed by atoms with van der Waals surface area (Å²) < 4.78 is 1.10. The van der Waals surface area contributed by atoms with E-state index in [1.807, 2.05) is 12.4 Å². The maximum Gasteiger partial charge on any atom is 0.0592 e. The molecule has 0 amide bonds. The van der Waals surface area contributed by atoms with Crippen molar-refractivity contribution in [1.29, 1.82) is 0 Å². The molecule has 0 radical (unpaired) electrons. The Kier molecular flexibility index (Phi) is 2.77. The van der Waals surface area contributed by atoms with Gasteiger partial charge >= 0.3 is 0 Å². The van der Waals surface area contributed by atoms with Gasteiger partial charge in [-0.1, -0.05) is 6.92 Å². The Morgan fingerprint density at radius 2 is 2.29 bits per heavy atom. The predicted octanol–water partition coefficient (Wildman–Crippen LogP) is 3.08. The molecule has 1 saturated heterocycles. The zero-order valence-corrected chi connectivity index (χ0v) is 10.2. The van der Waals surface area contributed by atoms with Crippen molar-refractivity contribution in [2.45, 2.75) is 26.3 Å². The molecule has 0 aromatic carbocycles. The van der Waals surface area contributed by atoms with Gasteiger partial charge < -0.3 is 4.90 Å². The minimum atomic E-state index is 0.642. The third-order valence-electron chi connectivity index (χ3n) is 2.84. The lowest BCUT2D eigenvalue weighted by Crippen LogP contribution is -2.26. The number of halogens is 1. The van der Waals surface area contributed by atoms with Gasteiger partial charge in [0.05, 0.1) is 10.2 Å². The van der Waals surface area contributed by atoms with E-state index < -0.39 is 0 Å². The molecule has 2 unspecified atom stereocenters. The summed E-state index contributed by atoms with van der Waals surface area (Å²) in [6.45, 7) is 5.76. The first-order valence-electron chi connectivity index (χ1n) is 5.04. The number of hydrogen-bond donors (Lipinski definition) is 0. The molecule has 0 N–H and O–H groups in total. The molecule has 1 aliphatic rings. The number of anilines is 1. The Morgan fingerprint density at radius 1 is 1.50 bits per heavy atom. The molecular weight excluding hydrogens is 240 g/mol. The van der Waals surface area contributed by atoms with Crippen LogP contribution in [0.2, 0.25) is 0 Å². The Labute approximate surface area is 93.5 Å². The van der Waals surface area contributed by atoms with Crippen molar-refractivity contribution in [3.05, 3.63) is 22.9 Å². The second-order valence-electron chi connectivity index (χ2n) is 4.17. The molecule has 3 heteroatoms. The number of aromatic nitrogens is 1. The highest BCUT2D eigenvalue weighted by Crippen LogP contribution is 2.32. The van der Waals surface area contributed by atoms with Crippen LogP contribution in [0.25, 0.3) is 0 Å². The van der Waals surface area contributed by atoms with Crippen molar-refractivity contribution in [2.24, 2.45) is 5.92 Å². The van der Waals surface area contributed by atoms with Crippen LogP contribution in [0, 0.1) is 5.92 Å². The summed E-state index contributed by atoms with van der Waals surface area (Å²) in [6.07, 6.45) is 5.01. The first-order chi connectivity index (χ1) is 6.68. The molecule has 0 bridgehead atoms. The summed E-state index contributed by atoms with van der Waals surface area (Å²) in [4.78, 5) is 6.54. The summed E-state index contributed by atoms with van der Waals surface area (Å²) in [5.74, 6) is 0.796. The topological polar surface area (TPSA) is 16.1 Å². The molecule has 14 heavy (non-hydrogen) atoms. The second-order valence-corrected chi connectivity index (χ2v) is 5.02. The summed E-state index contributed by atoms with van der Waals surface area (Å²) in [5.41, 5.74) is 1.27. The normalized spacial score (nSPS) is 26.9. The van der Waals surface area contributed by atoms with Gasteiger partial charge in [-0.15, -0.1) is 0 Å². The molecule has 2 rings (SSSR count). The van der Waals surface area contributed by atoms with E-state index in [2.05, 4.69) is 45.7 Å². The number of nitrogens with zero attached hydrogens (tertiary/aromatic N) is 2. The average molecular weight is 255 g/mol. The van der Waals surface area contributed by atoms with Gasteiger partial charge in [0.1, 0.15) is 0 Å². The van der Waals surface area contributed by atoms with Crippen molar-refractivity contribution >= 4 is 21.6 Å². The van der Waals surface area contributed by atoms with E-state index in [0.717, 1.165) is 16.9 Å². The molecule has 0 aliphatic carbocycles. The molecule has 1 aromatic rings. The SMILES string of the molecule is CC1CC(C)N(c2ccncc2Br)C1. The Morgan fingerprint density at radius 3 is 2.86 bits per heavy atom. The summed E-state index contributed by atoms with van der Waals surface area (Å²) in [5, 5.41) is 0. The lowest BCUT2D eigenvalue weighted by atomic mass is 10.1. The molecular formula is C11H15BrN2. The van der Waals surface area contributed by atoms with E-state index in [-0.39, 0.29) is 0 Å². The van der Waals surface area contributed by atoms with Crippen LogP contribution in [0.5, 0.6) is 0 Å². The van der Waals surface area contributed by atoms with E-state index >= 15 is 0 Å². The summed E-state index contributed by atoms with van der Waals surface area (Å²) in [7, 11) is 0. The van der Waals surface area contributed by atoms with Crippen LogP contribution in [0.15, 0.2) is 22.9 Å². The van der Waals surface area contributed by atoms with Gasteiger partial charge in [0.2, 0.25) is 0 Å². The first-order valence-corrected chi connectivity index (χ1v) is 5.84. The lowest BCUT2D eigenvalue weighted by Gasteiger charge is -2.24. The Hall–Kier alpha value is -0.570. The molecule has 76 valence electrons. The number of hydrogen-bond acceptors (Lipinski definition) is 2. The maximum absolute atomic E-state index is 4.09. The maximum atomic E-state index is 4.09. The van der Waals surface area contributed by atoms with Gasteiger partial charge in [0, 0.05) is 25.0 Å². The van der Waals surface area contributed by atoms with Gasteiger partial charge in [0.15, 0.2) is 0 Å². The molecule has 1 aromatic heterocycles. The zero-order chi connectivity index (χ0) is 10.1. The highest BCUT2D eigenvalue weighted by molar-refractivity contribution is 9.10. The molecule has 1 aliphatic heterocycles. The average Bonchev–Trinajstić information content (AvgIpc) is 2.46. The van der Waals surface area contributed by atoms with Crippen LogP contribution < -0.4 is 4.90 Å². The highest BCUT2D eigenvalue weighted by atomic mass is 79.9. The first kappa shape index (κ1) is 9.97. The van der Waals surface area contributed by atoms with Crippen LogP contribution in [0.4, 0.5) is 5.69 Å². The quantitative estimate of drug-likeness (QED) is 0.766. The minimum Gasteiger partial charge on any atom is -0.368 e. The third-order valence-corrected chi connectivity index (χ3v) is 3.46. The van der Waals surface area contributed by atoms with Gasteiger partial charge in [0.25, 0.3) is 0 Å². The standard InChI is InChI=1S/C11H15BrN2/c1-8-5-9(2)14(7-8)11-3-4-13-6-10(11)12/h3-4,6,8-9H,5,7H2,1-2H3. The molecule has 1 fully saturated rings. The third kappa shape index (κ3) is 1.78. The predicted molar refractivity (Wildman–Crippen MR) is 62.5 cm³/mol. The monoisotopic (exact) mass is 254 g/mol. The van der Waals surface area contributed by atoms with Crippen LogP contribution in [-0.4, -0.2) is 17.6 Å². The molecule has 2 nitrogen and oxygen atoms in total. The number of pyridine rings is 1. The largest absolute Gasteiger partial charge is 0.368 e. The zero-order valence-electron chi connectivity index (χ0n) is 8.57. The van der Waals surface area contributed by atoms with Crippen molar-refractivity contribution < 1.29 is 0 Å². The molecule has 0 saturated carbocycles. The van der Waals surface area contributed by atoms with Crippen LogP contribution >= 0.6 is 15.9 Å². The van der Waals surface area contributed by atoms with Crippen molar-refractivity contribution in [3.8, 4) is 0 Å². The molecule has 2 atom stereocenters. The van der Waals surface area contributed by atoms with E-state index in [4.69, 9.17) is 0 Å². The Balaban J connectivity index is 2.27. The molecule has 0 spiro atoms. The van der Waals surface area contributed by atoms with E-state index in [9.17, 15) is 0 Å². The fraction of sp³-hybridized carbons (Fsp3) is 0.545. The highest BCUT2D eigenvalue weighted by Gasteiger charge is 2.27.